The van der Waals surface area contributed by atoms with Crippen molar-refractivity contribution in [1.82, 2.24) is 5.32 Å². The summed E-state index contributed by atoms with van der Waals surface area (Å²) in [5.41, 5.74) is 0.495. The van der Waals surface area contributed by atoms with Gasteiger partial charge in [-0.05, 0) is 12.5 Å². The minimum absolute atomic E-state index is 0.0670. The number of ether oxygens (including phenoxy) is 1. The molecule has 0 aliphatic heterocycles. The molecule has 0 aliphatic carbocycles. The molecular weight excluding hydrogens is 198 g/mol. The van der Waals surface area contributed by atoms with Crippen LogP contribution in [-0.2, 0) is 9.53 Å². The van der Waals surface area contributed by atoms with E-state index in [4.69, 9.17) is 4.74 Å². The monoisotopic (exact) mass is 215 g/mol. The summed E-state index contributed by atoms with van der Waals surface area (Å²) in [6.45, 7) is 7.36. The van der Waals surface area contributed by atoms with Gasteiger partial charge in [0.2, 0.25) is 0 Å². The zero-order chi connectivity index (χ0) is 11.0. The molecule has 0 saturated heterocycles. The molecule has 0 atom stereocenters. The summed E-state index contributed by atoms with van der Waals surface area (Å²) in [5, 5.41) is 2.60. The van der Waals surface area contributed by atoms with Crippen LogP contribution in [0.3, 0.4) is 0 Å². The van der Waals surface area contributed by atoms with Gasteiger partial charge in [0.15, 0.2) is 5.78 Å². The van der Waals surface area contributed by atoms with Gasteiger partial charge in [-0.1, -0.05) is 13.1 Å². The number of carbonyl (C=O) groups excluding carboxylic acids is 2. The van der Waals surface area contributed by atoms with E-state index in [-0.39, 0.29) is 28.3 Å². The highest BCUT2D eigenvalue weighted by molar-refractivity contribution is 6.34. The number of allylic oxidation sites excluding steroid dienone is 1. The van der Waals surface area contributed by atoms with Crippen molar-refractivity contribution >= 4 is 21.4 Å². The molecule has 5 heteroatoms. The van der Waals surface area contributed by atoms with Crippen molar-refractivity contribution in [1.29, 1.82) is 0 Å². The number of alkyl carbamates (subject to hydrolysis) is 1. The van der Waals surface area contributed by atoms with Crippen LogP contribution in [0.25, 0.3) is 0 Å². The Balaban J connectivity index is 3.49. The first kappa shape index (κ1) is 12.9. The first-order valence-corrected chi connectivity index (χ1v) is 7.08. The van der Waals surface area contributed by atoms with E-state index in [2.05, 4.69) is 18.4 Å². The lowest BCUT2D eigenvalue weighted by Crippen LogP contribution is -2.28. The molecule has 0 rings (SSSR count). The number of nitrogens with one attached hydrogen (secondary N) is 1. The number of amides is 1. The zero-order valence-electron chi connectivity index (χ0n) is 8.76. The molecular formula is C9H17NO3Si. The standard InChI is InChI=1S/C9H17NO3Si/c1-7(2)8(11)4-5-13-9(12)10-6-14-3/h1,4-6,14H2,2-3H3,(H,10,12). The van der Waals surface area contributed by atoms with E-state index in [0.717, 1.165) is 6.17 Å². The lowest BCUT2D eigenvalue weighted by molar-refractivity contribution is -0.116. The number of Topliss-reactive ketones (excluding diaryl/α,β-unsaturated/α-hetero) is 1. The third-order valence-corrected chi connectivity index (χ3v) is 2.31. The van der Waals surface area contributed by atoms with Gasteiger partial charge >= 0.3 is 6.09 Å². The molecule has 0 unspecified atom stereocenters. The maximum atomic E-state index is 11.0. The van der Waals surface area contributed by atoms with Crippen LogP contribution < -0.4 is 5.32 Å². The molecule has 0 saturated carbocycles. The average Bonchev–Trinajstić information content (AvgIpc) is 2.14. The van der Waals surface area contributed by atoms with Crippen molar-refractivity contribution in [3.8, 4) is 0 Å². The molecule has 0 fully saturated rings. The molecule has 0 aromatic carbocycles. The molecule has 0 heterocycles. The molecule has 14 heavy (non-hydrogen) atoms. The second kappa shape index (κ2) is 7.31. The number of carbonyl (C=O) groups is 2. The summed E-state index contributed by atoms with van der Waals surface area (Å²) in [5.74, 6) is -0.0670. The van der Waals surface area contributed by atoms with Gasteiger partial charge in [0.25, 0.3) is 0 Å². The number of rotatable bonds is 6. The van der Waals surface area contributed by atoms with Gasteiger partial charge in [0, 0.05) is 22.1 Å². The summed E-state index contributed by atoms with van der Waals surface area (Å²) in [6.07, 6.45) is 0.508. The third kappa shape index (κ3) is 6.42. The maximum absolute atomic E-state index is 11.0. The number of ketones is 1. The van der Waals surface area contributed by atoms with Crippen molar-refractivity contribution in [3.05, 3.63) is 12.2 Å². The van der Waals surface area contributed by atoms with Crippen molar-refractivity contribution in [2.75, 3.05) is 12.8 Å². The fraction of sp³-hybridized carbons (Fsp3) is 0.556. The predicted octanol–water partition coefficient (Wildman–Crippen LogP) is 0.422. The Labute approximate surface area is 86.5 Å². The van der Waals surface area contributed by atoms with E-state index < -0.39 is 6.09 Å². The average molecular weight is 215 g/mol. The van der Waals surface area contributed by atoms with Crippen LogP contribution in [-0.4, -0.2) is 34.2 Å². The van der Waals surface area contributed by atoms with Gasteiger partial charge in [-0.25, -0.2) is 4.79 Å². The fourth-order valence-electron chi connectivity index (χ4n) is 0.728. The van der Waals surface area contributed by atoms with Crippen LogP contribution in [0.5, 0.6) is 0 Å². The summed E-state index contributed by atoms with van der Waals surface area (Å²) in [6, 6.07) is 0. The molecule has 0 aliphatic rings. The Morgan fingerprint density at radius 2 is 2.14 bits per heavy atom. The SMILES string of the molecule is C=C(C)C(=O)CCOC(=O)NC[SiH2]C. The lowest BCUT2D eigenvalue weighted by Gasteiger charge is -2.04. The van der Waals surface area contributed by atoms with E-state index >= 15 is 0 Å². The highest BCUT2D eigenvalue weighted by Crippen LogP contribution is 1.95. The van der Waals surface area contributed by atoms with E-state index in [1.165, 1.54) is 0 Å². The van der Waals surface area contributed by atoms with Gasteiger partial charge < -0.3 is 10.1 Å². The normalized spacial score (nSPS) is 10.1. The molecule has 4 nitrogen and oxygen atoms in total. The van der Waals surface area contributed by atoms with Crippen molar-refractivity contribution < 1.29 is 14.3 Å². The topological polar surface area (TPSA) is 55.4 Å². The van der Waals surface area contributed by atoms with Gasteiger partial charge in [-0.15, -0.1) is 0 Å². The van der Waals surface area contributed by atoms with Crippen LogP contribution in [0.1, 0.15) is 13.3 Å². The van der Waals surface area contributed by atoms with Crippen molar-refractivity contribution in [3.63, 3.8) is 0 Å². The number of hydrogen-bond donors (Lipinski definition) is 1. The Kier molecular flexibility index (Phi) is 6.74. The first-order chi connectivity index (χ1) is 6.57. The number of hydrogen-bond acceptors (Lipinski definition) is 3. The van der Waals surface area contributed by atoms with E-state index in [1.54, 1.807) is 6.92 Å². The van der Waals surface area contributed by atoms with Crippen LogP contribution in [0.2, 0.25) is 6.55 Å². The Morgan fingerprint density at radius 3 is 2.64 bits per heavy atom. The van der Waals surface area contributed by atoms with E-state index in [1.807, 2.05) is 0 Å². The van der Waals surface area contributed by atoms with Gasteiger partial charge in [0.1, 0.15) is 6.61 Å². The van der Waals surface area contributed by atoms with Crippen LogP contribution in [0.4, 0.5) is 4.79 Å². The van der Waals surface area contributed by atoms with Gasteiger partial charge in [-0.2, -0.15) is 0 Å². The van der Waals surface area contributed by atoms with E-state index in [0.29, 0.717) is 5.57 Å². The van der Waals surface area contributed by atoms with Crippen LogP contribution in [0, 0.1) is 0 Å². The molecule has 0 aromatic rings. The predicted molar refractivity (Wildman–Crippen MR) is 58.2 cm³/mol. The third-order valence-electron chi connectivity index (χ3n) is 1.56. The minimum Gasteiger partial charge on any atom is -0.449 e. The minimum atomic E-state index is -0.436. The molecule has 1 amide bonds. The van der Waals surface area contributed by atoms with Crippen LogP contribution >= 0.6 is 0 Å². The second-order valence-corrected chi connectivity index (χ2v) is 4.52. The Bertz CT molecular complexity index is 228. The molecule has 80 valence electrons. The van der Waals surface area contributed by atoms with Gasteiger partial charge in [0.05, 0.1) is 0 Å². The summed E-state index contributed by atoms with van der Waals surface area (Å²) < 4.78 is 4.78. The molecule has 0 spiro atoms. The fourth-order valence-corrected chi connectivity index (χ4v) is 1.18. The quantitative estimate of drug-likeness (QED) is 0.516. The molecule has 0 aromatic heterocycles. The first-order valence-electron chi connectivity index (χ1n) is 4.67. The largest absolute Gasteiger partial charge is 0.449 e. The Morgan fingerprint density at radius 1 is 1.50 bits per heavy atom. The highest BCUT2D eigenvalue weighted by atomic mass is 28.2. The maximum Gasteiger partial charge on any atom is 0.406 e. The second-order valence-electron chi connectivity index (χ2n) is 3.02. The summed E-state index contributed by atoms with van der Waals surface area (Å²) in [4.78, 5) is 21.9. The highest BCUT2D eigenvalue weighted by Gasteiger charge is 2.04. The van der Waals surface area contributed by atoms with Gasteiger partial charge in [-0.3, -0.25) is 4.79 Å². The lowest BCUT2D eigenvalue weighted by atomic mass is 10.2. The van der Waals surface area contributed by atoms with E-state index in [9.17, 15) is 9.59 Å². The smallest absolute Gasteiger partial charge is 0.406 e. The Hall–Kier alpha value is -1.10. The molecule has 0 radical (unpaired) electrons. The van der Waals surface area contributed by atoms with Crippen molar-refractivity contribution in [2.24, 2.45) is 0 Å². The molecule has 1 N–H and O–H groups in total. The van der Waals surface area contributed by atoms with Crippen LogP contribution in [0.15, 0.2) is 12.2 Å². The summed E-state index contributed by atoms with van der Waals surface area (Å²) >= 11 is 0. The molecule has 0 bridgehead atoms. The van der Waals surface area contributed by atoms with Crippen molar-refractivity contribution in [2.45, 2.75) is 19.9 Å². The summed E-state index contributed by atoms with van der Waals surface area (Å²) in [7, 11) is -0.174. The zero-order valence-corrected chi connectivity index (χ0v) is 10.2.